The van der Waals surface area contributed by atoms with Crippen LogP contribution in [0.4, 0.5) is 0 Å². The molecule has 0 saturated heterocycles. The highest BCUT2D eigenvalue weighted by atomic mass is 31.2. The molecule has 0 rings (SSSR count). The van der Waals surface area contributed by atoms with Gasteiger partial charge in [0.2, 0.25) is 0 Å². The molecule has 0 aliphatic heterocycles. The van der Waals surface area contributed by atoms with Crippen molar-refractivity contribution in [2.75, 3.05) is 7.11 Å². The second kappa shape index (κ2) is 5.67. The molecule has 0 fully saturated rings. The topological polar surface area (TPSA) is 141 Å². The van der Waals surface area contributed by atoms with Gasteiger partial charge in [0.05, 0.1) is 7.11 Å². The van der Waals surface area contributed by atoms with Crippen molar-refractivity contribution < 1.29 is 38.7 Å². The van der Waals surface area contributed by atoms with Gasteiger partial charge in [-0.25, -0.2) is 14.2 Å². The summed E-state index contributed by atoms with van der Waals surface area (Å²) in [6, 6.07) is 0. The van der Waals surface area contributed by atoms with Crippen LogP contribution in [0.25, 0.3) is 0 Å². The third kappa shape index (κ3) is 23.0. The quantitative estimate of drug-likeness (QED) is 0.207. The van der Waals surface area contributed by atoms with Crippen LogP contribution in [0.15, 0.2) is 0 Å². The molecule has 0 radical (unpaired) electrons. The molecule has 0 aromatic rings. The van der Waals surface area contributed by atoms with Gasteiger partial charge in [-0.2, -0.15) is 0 Å². The van der Waals surface area contributed by atoms with Gasteiger partial charge in [-0.15, -0.1) is 0 Å². The Labute approximate surface area is 66.6 Å². The first-order valence-electron chi connectivity index (χ1n) is 2.28. The summed E-state index contributed by atoms with van der Waals surface area (Å²) in [5, 5.41) is 7.71. The third-order valence-corrected chi connectivity index (χ3v) is 0.360. The van der Waals surface area contributed by atoms with Gasteiger partial charge >= 0.3 is 19.8 Å². The van der Waals surface area contributed by atoms with E-state index in [1.807, 2.05) is 0 Å². The van der Waals surface area contributed by atoms with Gasteiger partial charge in [0, 0.05) is 0 Å². The lowest BCUT2D eigenvalue weighted by atomic mass is 10.7. The Balaban J connectivity index is 0. The summed E-state index contributed by atoms with van der Waals surface area (Å²) in [4.78, 5) is 40.7. The number of methoxy groups -OCH3 is 1. The number of rotatable bonds is 0. The van der Waals surface area contributed by atoms with Crippen molar-refractivity contribution in [2.24, 2.45) is 0 Å². The molecular formula is C3H7O8P. The van der Waals surface area contributed by atoms with Crippen LogP contribution in [-0.4, -0.2) is 38.8 Å². The number of hydrogen-bond acceptors (Lipinski definition) is 4. The number of carboxylic acid groups (broad SMARTS) is 1. The molecule has 0 atom stereocenters. The van der Waals surface area contributed by atoms with Crippen molar-refractivity contribution in [3.8, 4) is 0 Å². The Morgan fingerprint density at radius 2 is 1.50 bits per heavy atom. The van der Waals surface area contributed by atoms with Crippen LogP contribution in [0.3, 0.4) is 0 Å². The average molecular weight is 202 g/mol. The second-order valence-corrected chi connectivity index (χ2v) is 2.34. The molecule has 0 unspecified atom stereocenters. The van der Waals surface area contributed by atoms with Crippen molar-refractivity contribution in [1.29, 1.82) is 0 Å². The Kier molecular flexibility index (Phi) is 6.44. The van der Waals surface area contributed by atoms with Crippen LogP contribution < -0.4 is 0 Å². The molecule has 0 aliphatic carbocycles. The first kappa shape index (κ1) is 13.6. The highest BCUT2D eigenvalue weighted by molar-refractivity contribution is 7.45. The monoisotopic (exact) mass is 202 g/mol. The zero-order chi connectivity index (χ0) is 10.4. The molecule has 0 spiro atoms. The Bertz CT molecular complexity index is 194. The maximum absolute atomic E-state index is 9.69. The van der Waals surface area contributed by atoms with E-state index in [4.69, 9.17) is 24.4 Å². The second-order valence-electron chi connectivity index (χ2n) is 1.31. The third-order valence-electron chi connectivity index (χ3n) is 0.360. The van der Waals surface area contributed by atoms with Crippen LogP contribution in [0.2, 0.25) is 0 Å². The fourth-order valence-electron chi connectivity index (χ4n) is 0.0873. The lowest BCUT2D eigenvalue weighted by Gasteiger charge is -1.85. The van der Waals surface area contributed by atoms with Gasteiger partial charge in [-0.05, 0) is 0 Å². The number of carbonyl (C=O) groups is 2. The fraction of sp³-hybridized carbons (Fsp3) is 0.333. The molecule has 0 amide bonds. The first-order valence-corrected chi connectivity index (χ1v) is 3.84. The van der Waals surface area contributed by atoms with Gasteiger partial charge in [-0.1, -0.05) is 0 Å². The van der Waals surface area contributed by atoms with Gasteiger partial charge in [-0.3, -0.25) is 0 Å². The first-order chi connectivity index (χ1) is 5.18. The molecule has 72 valence electrons. The predicted molar refractivity (Wildman–Crippen MR) is 33.9 cm³/mol. The molecule has 8 nitrogen and oxygen atoms in total. The van der Waals surface area contributed by atoms with E-state index in [1.165, 1.54) is 0 Å². The highest BCUT2D eigenvalue weighted by Gasteiger charge is 2.08. The minimum Gasteiger partial charge on any atom is -0.473 e. The summed E-state index contributed by atoms with van der Waals surface area (Å²) in [6.07, 6.45) is 0. The maximum atomic E-state index is 9.69. The molecule has 0 aliphatic rings. The Morgan fingerprint density at radius 3 is 1.50 bits per heavy atom. The zero-order valence-corrected chi connectivity index (χ0v) is 6.76. The summed E-state index contributed by atoms with van der Waals surface area (Å²) in [6.45, 7) is 0. The maximum Gasteiger partial charge on any atom is 0.466 e. The number of ether oxygens (including phenoxy) is 1. The van der Waals surface area contributed by atoms with E-state index in [0.717, 1.165) is 7.11 Å². The van der Waals surface area contributed by atoms with Crippen LogP contribution in [0.1, 0.15) is 0 Å². The van der Waals surface area contributed by atoms with E-state index < -0.39 is 19.8 Å². The van der Waals surface area contributed by atoms with Gasteiger partial charge < -0.3 is 24.5 Å². The zero-order valence-electron chi connectivity index (χ0n) is 5.87. The highest BCUT2D eigenvalue weighted by Crippen LogP contribution is 2.25. The van der Waals surface area contributed by atoms with Crippen LogP contribution in [-0.2, 0) is 18.9 Å². The molecule has 0 heterocycles. The number of esters is 1. The van der Waals surface area contributed by atoms with Gasteiger partial charge in [0.1, 0.15) is 0 Å². The van der Waals surface area contributed by atoms with Gasteiger partial charge in [0.25, 0.3) is 0 Å². The lowest BCUT2D eigenvalue weighted by Crippen LogP contribution is -2.13. The van der Waals surface area contributed by atoms with E-state index in [1.54, 1.807) is 0 Å². The molecule has 0 aromatic carbocycles. The van der Waals surface area contributed by atoms with Crippen LogP contribution in [0.5, 0.6) is 0 Å². The van der Waals surface area contributed by atoms with Crippen molar-refractivity contribution in [2.45, 2.75) is 0 Å². The van der Waals surface area contributed by atoms with Crippen LogP contribution in [0, 0.1) is 0 Å². The minimum atomic E-state index is -4.64. The molecular weight excluding hydrogens is 195 g/mol. The number of hydrogen-bond donors (Lipinski definition) is 4. The average Bonchev–Trinajstić information content (AvgIpc) is 1.82. The fourth-order valence-corrected chi connectivity index (χ4v) is 0.0873. The van der Waals surface area contributed by atoms with E-state index >= 15 is 0 Å². The predicted octanol–water partition coefficient (Wildman–Crippen LogP) is -1.68. The van der Waals surface area contributed by atoms with Crippen LogP contribution >= 0.6 is 7.82 Å². The summed E-state index contributed by atoms with van der Waals surface area (Å²) in [7, 11) is -3.63. The smallest absolute Gasteiger partial charge is 0.466 e. The normalized spacial score (nSPS) is 9.33. The number of carbonyl (C=O) groups excluding carboxylic acids is 1. The SMILES string of the molecule is COC(=O)C(=O)O.O=P(O)(O)O. The molecule has 9 heteroatoms. The minimum absolute atomic E-state index is 1.01. The number of phosphoric acid groups is 1. The molecule has 12 heavy (non-hydrogen) atoms. The van der Waals surface area contributed by atoms with Crippen molar-refractivity contribution in [3.05, 3.63) is 0 Å². The summed E-state index contributed by atoms with van der Waals surface area (Å²) >= 11 is 0. The molecule has 0 saturated carbocycles. The van der Waals surface area contributed by atoms with Crippen molar-refractivity contribution in [3.63, 3.8) is 0 Å². The van der Waals surface area contributed by atoms with E-state index in [-0.39, 0.29) is 0 Å². The van der Waals surface area contributed by atoms with Crippen molar-refractivity contribution >= 4 is 19.8 Å². The summed E-state index contributed by atoms with van der Waals surface area (Å²) in [5.41, 5.74) is 0. The standard InChI is InChI=1S/C3H4O4.H3O4P/c1-7-3(6)2(4)5;1-5(2,3)4/h1H3,(H,4,5);(H3,1,2,3,4). The van der Waals surface area contributed by atoms with Gasteiger partial charge in [0.15, 0.2) is 0 Å². The molecule has 4 N–H and O–H groups in total. The van der Waals surface area contributed by atoms with Crippen molar-refractivity contribution in [1.82, 2.24) is 0 Å². The molecule has 0 bridgehead atoms. The van der Waals surface area contributed by atoms with E-state index in [0.29, 0.717) is 0 Å². The summed E-state index contributed by atoms with van der Waals surface area (Å²) in [5.74, 6) is -2.80. The number of aliphatic carboxylic acids is 1. The Morgan fingerprint density at radius 1 is 1.25 bits per heavy atom. The summed E-state index contributed by atoms with van der Waals surface area (Å²) < 4.78 is 12.7. The Hall–Kier alpha value is -0.950. The van der Waals surface area contributed by atoms with E-state index in [9.17, 15) is 9.59 Å². The largest absolute Gasteiger partial charge is 0.473 e. The molecule has 0 aromatic heterocycles. The van der Waals surface area contributed by atoms with E-state index in [2.05, 4.69) is 4.74 Å². The number of carboxylic acids is 1. The lowest BCUT2D eigenvalue weighted by molar-refractivity contribution is -0.161.